The Hall–Kier alpha value is -3.56. The topological polar surface area (TPSA) is 88.4 Å². The van der Waals surface area contributed by atoms with Crippen molar-refractivity contribution < 1.29 is 19.0 Å². The molecule has 0 saturated heterocycles. The molecule has 5 rings (SSSR count). The van der Waals surface area contributed by atoms with Crippen molar-refractivity contribution in [2.75, 3.05) is 20.8 Å². The Bertz CT molecular complexity index is 1480. The molecule has 0 aliphatic carbocycles. The number of esters is 1. The lowest BCUT2D eigenvalue weighted by Crippen LogP contribution is -2.10. The van der Waals surface area contributed by atoms with E-state index in [4.69, 9.17) is 25.8 Å². The third kappa shape index (κ3) is 5.74. The molecule has 1 aliphatic heterocycles. The van der Waals surface area contributed by atoms with Crippen molar-refractivity contribution >= 4 is 29.3 Å². The number of carbonyl (C=O) groups is 1. The fourth-order valence-corrected chi connectivity index (χ4v) is 6.70. The highest BCUT2D eigenvalue weighted by atomic mass is 35.5. The summed E-state index contributed by atoms with van der Waals surface area (Å²) >= 11 is 8.39. The number of aromatic nitrogens is 4. The predicted molar refractivity (Wildman–Crippen MR) is 151 cm³/mol. The van der Waals surface area contributed by atoms with Crippen LogP contribution in [0.3, 0.4) is 0 Å². The SMILES string of the molecule is CCOC(=O)Cc1nnn(CC[C@H]2S[C@H](c3cccc(OC)c3OC)c3cc(Cl)ccc3-c3ccccc32)n1. The van der Waals surface area contributed by atoms with Crippen LogP contribution in [0.1, 0.15) is 46.4 Å². The second kappa shape index (κ2) is 12.1. The van der Waals surface area contributed by atoms with Crippen molar-refractivity contribution in [1.82, 2.24) is 20.2 Å². The molecule has 0 fully saturated rings. The van der Waals surface area contributed by atoms with Gasteiger partial charge in [0.1, 0.15) is 6.42 Å². The number of fused-ring (bicyclic) bond motifs is 3. The number of hydrogen-bond acceptors (Lipinski definition) is 8. The zero-order valence-electron chi connectivity index (χ0n) is 22.0. The van der Waals surface area contributed by atoms with Crippen LogP contribution in [0, 0.1) is 0 Å². The van der Waals surface area contributed by atoms with E-state index < -0.39 is 0 Å². The van der Waals surface area contributed by atoms with Gasteiger partial charge in [0.05, 0.1) is 32.6 Å². The van der Waals surface area contributed by atoms with Crippen molar-refractivity contribution in [2.45, 2.75) is 36.8 Å². The number of hydrogen-bond donors (Lipinski definition) is 0. The zero-order chi connectivity index (χ0) is 27.4. The van der Waals surface area contributed by atoms with E-state index in [1.54, 1.807) is 25.9 Å². The maximum absolute atomic E-state index is 11.8. The number of benzene rings is 3. The van der Waals surface area contributed by atoms with E-state index in [1.807, 2.05) is 36.0 Å². The van der Waals surface area contributed by atoms with Crippen molar-refractivity contribution in [3.8, 4) is 22.6 Å². The van der Waals surface area contributed by atoms with Gasteiger partial charge in [-0.25, -0.2) is 0 Å². The van der Waals surface area contributed by atoms with E-state index in [9.17, 15) is 4.79 Å². The highest BCUT2D eigenvalue weighted by Crippen LogP contribution is 2.56. The third-order valence-corrected chi connectivity index (χ3v) is 8.44. The van der Waals surface area contributed by atoms with Crippen LogP contribution in [0.15, 0.2) is 60.7 Å². The highest BCUT2D eigenvalue weighted by molar-refractivity contribution is 8.00. The minimum Gasteiger partial charge on any atom is -0.493 e. The fourth-order valence-electron chi connectivity index (χ4n) is 4.93. The molecule has 10 heteroatoms. The standard InChI is InChI=1S/C29H29ClN4O4S/c1-4-38-27(35)17-26-31-33-34(32-26)15-14-25-21-9-6-5-8-19(21)20-13-12-18(30)16-23(20)29(39-25)22-10-7-11-24(36-2)28(22)37-3/h5-13,16,25,29H,4,14-15,17H2,1-3H3/t25-,29-/m1/s1. The molecule has 0 spiro atoms. The van der Waals surface area contributed by atoms with Gasteiger partial charge in [-0.15, -0.1) is 22.0 Å². The lowest BCUT2D eigenvalue weighted by Gasteiger charge is -2.25. The summed E-state index contributed by atoms with van der Waals surface area (Å²) in [6.07, 6.45) is 0.740. The van der Waals surface area contributed by atoms with Crippen LogP contribution < -0.4 is 9.47 Å². The normalized spacial score (nSPS) is 16.1. The summed E-state index contributed by atoms with van der Waals surface area (Å²) in [6.45, 7) is 2.62. The first-order chi connectivity index (χ1) is 19.0. The molecule has 2 heterocycles. The lowest BCUT2D eigenvalue weighted by atomic mass is 9.90. The molecule has 39 heavy (non-hydrogen) atoms. The smallest absolute Gasteiger partial charge is 0.313 e. The first-order valence-corrected chi connectivity index (χ1v) is 14.0. The predicted octanol–water partition coefficient (Wildman–Crippen LogP) is 6.08. The number of thioether (sulfide) groups is 1. The summed E-state index contributed by atoms with van der Waals surface area (Å²) in [4.78, 5) is 13.4. The average molecular weight is 565 g/mol. The quantitative estimate of drug-likeness (QED) is 0.226. The second-order valence-corrected chi connectivity index (χ2v) is 10.7. The van der Waals surface area contributed by atoms with Gasteiger partial charge in [-0.1, -0.05) is 54.1 Å². The first kappa shape index (κ1) is 27.0. The molecule has 3 aromatic carbocycles. The van der Waals surface area contributed by atoms with Gasteiger partial charge in [-0.05, 0) is 59.0 Å². The molecular formula is C29H29ClN4O4S. The number of ether oxygens (including phenoxy) is 3. The van der Waals surface area contributed by atoms with Crippen LogP contribution >= 0.6 is 23.4 Å². The molecular weight excluding hydrogens is 536 g/mol. The molecule has 202 valence electrons. The number of nitrogens with zero attached hydrogens (tertiary/aromatic N) is 4. The summed E-state index contributed by atoms with van der Waals surface area (Å²) in [6, 6.07) is 20.5. The Labute approximate surface area is 236 Å². The molecule has 0 unspecified atom stereocenters. The van der Waals surface area contributed by atoms with E-state index in [2.05, 4.69) is 51.8 Å². The van der Waals surface area contributed by atoms with Crippen LogP contribution in [0.25, 0.3) is 11.1 Å². The Kier molecular flexibility index (Phi) is 8.38. The second-order valence-electron chi connectivity index (χ2n) is 8.98. The average Bonchev–Trinajstić information content (AvgIpc) is 3.34. The third-order valence-electron chi connectivity index (χ3n) is 6.60. The highest BCUT2D eigenvalue weighted by Gasteiger charge is 2.32. The van der Waals surface area contributed by atoms with Crippen LogP contribution in [0.5, 0.6) is 11.5 Å². The Morgan fingerprint density at radius 2 is 1.79 bits per heavy atom. The van der Waals surface area contributed by atoms with E-state index in [0.717, 1.165) is 23.1 Å². The molecule has 1 aliphatic rings. The minimum atomic E-state index is -0.364. The minimum absolute atomic E-state index is 0.00261. The van der Waals surface area contributed by atoms with Gasteiger partial charge in [-0.3, -0.25) is 4.79 Å². The van der Waals surface area contributed by atoms with Crippen molar-refractivity contribution in [2.24, 2.45) is 0 Å². The molecule has 0 radical (unpaired) electrons. The van der Waals surface area contributed by atoms with Crippen LogP contribution in [-0.4, -0.2) is 47.0 Å². The van der Waals surface area contributed by atoms with Crippen molar-refractivity contribution in [3.05, 3.63) is 88.2 Å². The maximum Gasteiger partial charge on any atom is 0.313 e. The molecule has 8 nitrogen and oxygen atoms in total. The summed E-state index contributed by atoms with van der Waals surface area (Å²) < 4.78 is 16.5. The van der Waals surface area contributed by atoms with Crippen LogP contribution in [0.4, 0.5) is 0 Å². The van der Waals surface area contributed by atoms with Crippen LogP contribution in [0.2, 0.25) is 5.02 Å². The van der Waals surface area contributed by atoms with E-state index in [1.165, 1.54) is 11.1 Å². The number of methoxy groups -OCH3 is 2. The largest absolute Gasteiger partial charge is 0.493 e. The summed E-state index contributed by atoms with van der Waals surface area (Å²) in [5.74, 6) is 1.37. The van der Waals surface area contributed by atoms with Gasteiger partial charge in [-0.2, -0.15) is 4.80 Å². The summed E-state index contributed by atoms with van der Waals surface area (Å²) in [5, 5.41) is 13.3. The Balaban J connectivity index is 1.52. The van der Waals surface area contributed by atoms with Crippen molar-refractivity contribution in [3.63, 3.8) is 0 Å². The molecule has 0 bridgehead atoms. The summed E-state index contributed by atoms with van der Waals surface area (Å²) in [5.41, 5.74) is 5.65. The van der Waals surface area contributed by atoms with Gasteiger partial charge in [0.25, 0.3) is 0 Å². The van der Waals surface area contributed by atoms with E-state index in [0.29, 0.717) is 35.5 Å². The number of halogens is 1. The zero-order valence-corrected chi connectivity index (χ0v) is 23.5. The van der Waals surface area contributed by atoms with Gasteiger partial charge in [0, 0.05) is 15.8 Å². The van der Waals surface area contributed by atoms with Crippen molar-refractivity contribution in [1.29, 1.82) is 0 Å². The molecule has 0 saturated carbocycles. The fraction of sp³-hybridized carbons (Fsp3) is 0.310. The Morgan fingerprint density at radius 3 is 2.59 bits per heavy atom. The van der Waals surface area contributed by atoms with Gasteiger partial charge in [0.15, 0.2) is 17.3 Å². The van der Waals surface area contributed by atoms with E-state index in [-0.39, 0.29) is 22.9 Å². The van der Waals surface area contributed by atoms with Gasteiger partial charge < -0.3 is 14.2 Å². The maximum atomic E-state index is 11.8. The monoisotopic (exact) mass is 564 g/mol. The lowest BCUT2D eigenvalue weighted by molar-refractivity contribution is -0.142. The number of aryl methyl sites for hydroxylation is 1. The van der Waals surface area contributed by atoms with E-state index >= 15 is 0 Å². The molecule has 4 aromatic rings. The first-order valence-electron chi connectivity index (χ1n) is 12.7. The number of tetrazole rings is 1. The van der Waals surface area contributed by atoms with Crippen LogP contribution in [-0.2, 0) is 22.5 Å². The summed E-state index contributed by atoms with van der Waals surface area (Å²) in [7, 11) is 3.31. The van der Waals surface area contributed by atoms with Gasteiger partial charge in [0.2, 0.25) is 0 Å². The molecule has 0 amide bonds. The number of carbonyl (C=O) groups excluding carboxylic acids is 1. The number of rotatable bonds is 9. The molecule has 2 atom stereocenters. The Morgan fingerprint density at radius 1 is 1.00 bits per heavy atom. The number of para-hydroxylation sites is 1. The van der Waals surface area contributed by atoms with Gasteiger partial charge >= 0.3 is 5.97 Å². The molecule has 1 aromatic heterocycles. The molecule has 0 N–H and O–H groups in total.